The molecule has 13 rings (SSSR count). The van der Waals surface area contributed by atoms with E-state index in [2.05, 4.69) is 161 Å². The lowest BCUT2D eigenvalue weighted by Gasteiger charge is -2.21. The maximum absolute atomic E-state index is 6.37. The molecule has 0 bridgehead atoms. The molecular formula is C53H31N5OS. The number of aromatic nitrogens is 5. The summed E-state index contributed by atoms with van der Waals surface area (Å²) in [6.45, 7) is 0. The van der Waals surface area contributed by atoms with Crippen LogP contribution in [0, 0.1) is 0 Å². The predicted octanol–water partition coefficient (Wildman–Crippen LogP) is 13.9. The Kier molecular flexibility index (Phi) is 7.14. The van der Waals surface area contributed by atoms with Gasteiger partial charge in [0.05, 0.1) is 16.7 Å². The van der Waals surface area contributed by atoms with Crippen LogP contribution in [-0.2, 0) is 0 Å². The van der Waals surface area contributed by atoms with Gasteiger partial charge in [-0.15, -0.1) is 0 Å². The van der Waals surface area contributed by atoms with Gasteiger partial charge in [0.2, 0.25) is 0 Å². The van der Waals surface area contributed by atoms with E-state index in [0.29, 0.717) is 17.5 Å². The fraction of sp³-hybridized carbons (Fsp3) is 0. The molecular weight excluding hydrogens is 755 g/mol. The summed E-state index contributed by atoms with van der Waals surface area (Å²) in [5, 5.41) is 5.46. The highest BCUT2D eigenvalue weighted by atomic mass is 32.2. The summed E-state index contributed by atoms with van der Waals surface area (Å²) in [4.78, 5) is 18.5. The van der Waals surface area contributed by atoms with Crippen LogP contribution in [0.4, 0.5) is 0 Å². The summed E-state index contributed by atoms with van der Waals surface area (Å²) < 4.78 is 11.2. The van der Waals surface area contributed by atoms with Crippen LogP contribution in [0.3, 0.4) is 0 Å². The lowest BCUT2D eigenvalue weighted by Crippen LogP contribution is -2.05. The molecule has 60 heavy (non-hydrogen) atoms. The third-order valence-corrected chi connectivity index (χ3v) is 12.9. The van der Waals surface area contributed by atoms with Gasteiger partial charge in [0, 0.05) is 59.1 Å². The standard InChI is InChI=1S/C53H31N5OS/c1-3-14-32(15-4-1)33-28-30-34(31-29-33)50-54-51(38-21-12-25-43-46(38)36-18-7-9-24-42(36)59-43)56-52(55-50)39-20-11-23-41-47(39)48-37-19-13-27-45-49(37)58(40-22-8-10-26-44(40)60-45)53(48)57(41)35-16-5-2-6-17-35/h1-31H. The molecule has 6 nitrogen and oxygen atoms in total. The largest absolute Gasteiger partial charge is 0.456 e. The Morgan fingerprint density at radius 1 is 0.400 bits per heavy atom. The summed E-state index contributed by atoms with van der Waals surface area (Å²) in [5.41, 5.74) is 12.3. The first-order valence-corrected chi connectivity index (χ1v) is 20.8. The van der Waals surface area contributed by atoms with Crippen LogP contribution in [-0.4, -0.2) is 24.1 Å². The monoisotopic (exact) mass is 785 g/mol. The van der Waals surface area contributed by atoms with Crippen molar-refractivity contribution in [3.05, 3.63) is 188 Å². The molecule has 0 radical (unpaired) electrons. The van der Waals surface area contributed by atoms with Gasteiger partial charge >= 0.3 is 0 Å². The van der Waals surface area contributed by atoms with Gasteiger partial charge in [0.25, 0.3) is 0 Å². The van der Waals surface area contributed by atoms with E-state index in [1.807, 2.05) is 48.2 Å². The Labute approximate surface area is 348 Å². The average molecular weight is 786 g/mol. The van der Waals surface area contributed by atoms with Crippen molar-refractivity contribution in [3.63, 3.8) is 0 Å². The predicted molar refractivity (Wildman–Crippen MR) is 244 cm³/mol. The van der Waals surface area contributed by atoms with E-state index >= 15 is 0 Å². The highest BCUT2D eigenvalue weighted by Crippen LogP contribution is 2.51. The van der Waals surface area contributed by atoms with E-state index in [4.69, 9.17) is 19.4 Å². The van der Waals surface area contributed by atoms with E-state index in [9.17, 15) is 0 Å². The molecule has 0 atom stereocenters. The molecule has 0 amide bonds. The second-order valence-electron chi connectivity index (χ2n) is 15.2. The van der Waals surface area contributed by atoms with Crippen molar-refractivity contribution >= 4 is 66.5 Å². The van der Waals surface area contributed by atoms with Crippen molar-refractivity contribution < 1.29 is 4.42 Å². The van der Waals surface area contributed by atoms with Gasteiger partial charge in [0.15, 0.2) is 17.5 Å². The van der Waals surface area contributed by atoms with Gasteiger partial charge in [-0.05, 0) is 59.7 Å². The molecule has 0 saturated heterocycles. The summed E-state index contributed by atoms with van der Waals surface area (Å²) >= 11 is 1.83. The number of para-hydroxylation sites is 4. The van der Waals surface area contributed by atoms with Crippen molar-refractivity contribution in [2.24, 2.45) is 0 Å². The minimum atomic E-state index is 0.586. The summed E-state index contributed by atoms with van der Waals surface area (Å²) in [6, 6.07) is 65.8. The van der Waals surface area contributed by atoms with Crippen molar-refractivity contribution in [1.82, 2.24) is 24.1 Å². The summed E-state index contributed by atoms with van der Waals surface area (Å²) in [5.74, 6) is 1.79. The van der Waals surface area contributed by atoms with Crippen molar-refractivity contribution in [3.8, 4) is 56.7 Å². The van der Waals surface area contributed by atoms with Crippen molar-refractivity contribution in [2.45, 2.75) is 9.79 Å². The van der Waals surface area contributed by atoms with Crippen molar-refractivity contribution in [1.29, 1.82) is 0 Å². The molecule has 7 heteroatoms. The van der Waals surface area contributed by atoms with Crippen LogP contribution >= 0.6 is 11.8 Å². The fourth-order valence-corrected chi connectivity index (χ4v) is 10.3. The first-order valence-electron chi connectivity index (χ1n) is 20.0. The second-order valence-corrected chi connectivity index (χ2v) is 16.2. The quantitative estimate of drug-likeness (QED) is 0.174. The lowest BCUT2D eigenvalue weighted by atomic mass is 10.0. The highest BCUT2D eigenvalue weighted by Gasteiger charge is 2.29. The molecule has 4 aromatic heterocycles. The van der Waals surface area contributed by atoms with E-state index in [1.54, 1.807) is 0 Å². The Hall–Kier alpha value is -7.74. The molecule has 12 aromatic rings. The van der Waals surface area contributed by atoms with Crippen LogP contribution in [0.25, 0.3) is 111 Å². The number of benzene rings is 8. The molecule has 0 spiro atoms. The van der Waals surface area contributed by atoms with Gasteiger partial charge in [-0.1, -0.05) is 151 Å². The summed E-state index contributed by atoms with van der Waals surface area (Å²) in [7, 11) is 0. The number of nitrogens with zero attached hydrogens (tertiary/aromatic N) is 5. The average Bonchev–Trinajstić information content (AvgIpc) is 3.98. The van der Waals surface area contributed by atoms with Gasteiger partial charge in [-0.25, -0.2) is 15.0 Å². The first kappa shape index (κ1) is 33.3. The minimum Gasteiger partial charge on any atom is -0.456 e. The maximum atomic E-state index is 6.37. The summed E-state index contributed by atoms with van der Waals surface area (Å²) in [6.07, 6.45) is 0. The highest BCUT2D eigenvalue weighted by molar-refractivity contribution is 7.99. The second kappa shape index (κ2) is 12.9. The Morgan fingerprint density at radius 2 is 1.00 bits per heavy atom. The van der Waals surface area contributed by atoms with E-state index in [-0.39, 0.29) is 0 Å². The first-order chi connectivity index (χ1) is 29.8. The lowest BCUT2D eigenvalue weighted by molar-refractivity contribution is 0.669. The number of hydrogen-bond donors (Lipinski definition) is 0. The van der Waals surface area contributed by atoms with E-state index in [0.717, 1.165) is 77.4 Å². The normalized spacial score (nSPS) is 12.3. The molecule has 5 heterocycles. The molecule has 280 valence electrons. The number of hydrogen-bond acceptors (Lipinski definition) is 5. The number of furan rings is 1. The molecule has 1 aliphatic rings. The maximum Gasteiger partial charge on any atom is 0.164 e. The minimum absolute atomic E-state index is 0.586. The van der Waals surface area contributed by atoms with E-state index in [1.165, 1.54) is 26.4 Å². The van der Waals surface area contributed by atoms with Gasteiger partial charge in [-0.2, -0.15) is 0 Å². The molecule has 0 unspecified atom stereocenters. The fourth-order valence-electron chi connectivity index (χ4n) is 9.19. The third kappa shape index (κ3) is 4.87. The molecule has 8 aromatic carbocycles. The zero-order valence-electron chi connectivity index (χ0n) is 32.0. The Bertz CT molecular complexity index is 3680. The van der Waals surface area contributed by atoms with Crippen LogP contribution in [0.15, 0.2) is 202 Å². The van der Waals surface area contributed by atoms with Crippen molar-refractivity contribution in [2.75, 3.05) is 0 Å². The molecule has 1 aliphatic heterocycles. The van der Waals surface area contributed by atoms with Crippen LogP contribution in [0.5, 0.6) is 0 Å². The molecule has 0 aliphatic carbocycles. The third-order valence-electron chi connectivity index (χ3n) is 11.8. The number of rotatable bonds is 5. The SMILES string of the molecule is c1ccc(-c2ccc(-c3nc(-c4cccc5oc6ccccc6c45)nc(-c4cccc5c4c4c6cccc7c6n(c4n5-c4ccccc4)-c4ccccc4S7)n3)cc2)cc1. The van der Waals surface area contributed by atoms with Gasteiger partial charge < -0.3 is 4.42 Å². The van der Waals surface area contributed by atoms with E-state index < -0.39 is 0 Å². The molecule has 0 N–H and O–H groups in total. The zero-order chi connectivity index (χ0) is 39.3. The zero-order valence-corrected chi connectivity index (χ0v) is 32.8. The topological polar surface area (TPSA) is 61.7 Å². The van der Waals surface area contributed by atoms with Crippen LogP contribution in [0.1, 0.15) is 0 Å². The van der Waals surface area contributed by atoms with Gasteiger partial charge in [-0.3, -0.25) is 9.13 Å². The Morgan fingerprint density at radius 3 is 1.83 bits per heavy atom. The Balaban J connectivity index is 1.13. The molecule has 0 fully saturated rings. The number of fused-ring (bicyclic) bond motifs is 10. The molecule has 0 saturated carbocycles. The van der Waals surface area contributed by atoms with Gasteiger partial charge in [0.1, 0.15) is 16.8 Å². The van der Waals surface area contributed by atoms with Crippen LogP contribution < -0.4 is 0 Å². The smallest absolute Gasteiger partial charge is 0.164 e. The van der Waals surface area contributed by atoms with Crippen LogP contribution in [0.2, 0.25) is 0 Å².